The molecular formula is C21H17N5O. The second kappa shape index (κ2) is 6.32. The molecular weight excluding hydrogens is 338 g/mol. The molecule has 1 aromatic carbocycles. The molecule has 0 amide bonds. The lowest BCUT2D eigenvalue weighted by Gasteiger charge is -2.39. The molecule has 0 spiro atoms. The van der Waals surface area contributed by atoms with Crippen LogP contribution in [0, 0.1) is 0 Å². The van der Waals surface area contributed by atoms with Crippen molar-refractivity contribution in [1.82, 2.24) is 15.4 Å². The van der Waals surface area contributed by atoms with Crippen molar-refractivity contribution < 1.29 is 4.79 Å². The van der Waals surface area contributed by atoms with Gasteiger partial charge in [-0.15, -0.1) is 0 Å². The highest BCUT2D eigenvalue weighted by Gasteiger charge is 2.40. The normalized spacial score (nSPS) is 22.7. The van der Waals surface area contributed by atoms with Crippen LogP contribution in [0.2, 0.25) is 0 Å². The topological polar surface area (TPSA) is 79.3 Å². The summed E-state index contributed by atoms with van der Waals surface area (Å²) in [5.41, 5.74) is 8.99. The summed E-state index contributed by atoms with van der Waals surface area (Å²) in [7, 11) is 0. The van der Waals surface area contributed by atoms with Crippen LogP contribution in [-0.2, 0) is 4.79 Å². The van der Waals surface area contributed by atoms with Gasteiger partial charge in [-0.2, -0.15) is 5.10 Å². The molecule has 0 saturated heterocycles. The third kappa shape index (κ3) is 2.49. The Morgan fingerprint density at radius 2 is 1.70 bits per heavy atom. The van der Waals surface area contributed by atoms with Crippen molar-refractivity contribution >= 4 is 17.7 Å². The highest BCUT2D eigenvalue weighted by molar-refractivity contribution is 6.13. The van der Waals surface area contributed by atoms with Crippen molar-refractivity contribution in [2.45, 2.75) is 18.0 Å². The summed E-state index contributed by atoms with van der Waals surface area (Å²) >= 11 is 0. The van der Waals surface area contributed by atoms with Gasteiger partial charge in [0.05, 0.1) is 17.7 Å². The lowest BCUT2D eigenvalue weighted by molar-refractivity contribution is -0.109. The van der Waals surface area contributed by atoms with Gasteiger partial charge in [0.25, 0.3) is 0 Å². The van der Waals surface area contributed by atoms with Crippen LogP contribution in [0.15, 0.2) is 72.4 Å². The van der Waals surface area contributed by atoms with Gasteiger partial charge in [0.1, 0.15) is 12.3 Å². The molecule has 2 aliphatic heterocycles. The second-order valence-corrected chi connectivity index (χ2v) is 6.68. The van der Waals surface area contributed by atoms with Crippen LogP contribution in [0.5, 0.6) is 0 Å². The largest absolute Gasteiger partial charge is 0.377 e. The standard InChI is InChI=1S/C21H17N5O/c27-12-17-15-6-1-7-16-19(15)21(26-25-17)18(13-4-2-8-22-10-13)20(24-16)14-5-3-9-23-11-14/h1-12,17-18,20,24-25H. The van der Waals surface area contributed by atoms with E-state index in [1.54, 1.807) is 12.4 Å². The zero-order valence-corrected chi connectivity index (χ0v) is 14.4. The monoisotopic (exact) mass is 355 g/mol. The molecule has 3 aromatic rings. The number of benzene rings is 1. The Labute approximate surface area is 156 Å². The van der Waals surface area contributed by atoms with E-state index in [0.717, 1.165) is 39.9 Å². The lowest BCUT2D eigenvalue weighted by atomic mass is 9.76. The fraction of sp³-hybridized carbons (Fsp3) is 0.143. The van der Waals surface area contributed by atoms with E-state index in [2.05, 4.69) is 37.9 Å². The average molecular weight is 355 g/mol. The van der Waals surface area contributed by atoms with Crippen molar-refractivity contribution in [2.24, 2.45) is 5.10 Å². The van der Waals surface area contributed by atoms with Crippen molar-refractivity contribution in [1.29, 1.82) is 0 Å². The molecule has 2 aromatic heterocycles. The zero-order chi connectivity index (χ0) is 18.2. The van der Waals surface area contributed by atoms with Crippen LogP contribution in [0.25, 0.3) is 0 Å². The van der Waals surface area contributed by atoms with Gasteiger partial charge >= 0.3 is 0 Å². The number of rotatable bonds is 3. The predicted octanol–water partition coefficient (Wildman–Crippen LogP) is 2.97. The number of aromatic nitrogens is 2. The van der Waals surface area contributed by atoms with Gasteiger partial charge < -0.3 is 10.1 Å². The number of carbonyl (C=O) groups excluding carboxylic acids is 1. The highest BCUT2D eigenvalue weighted by atomic mass is 16.1. The number of pyridine rings is 2. The second-order valence-electron chi connectivity index (χ2n) is 6.68. The Morgan fingerprint density at radius 1 is 0.926 bits per heavy atom. The number of carbonyl (C=O) groups is 1. The molecule has 2 aliphatic rings. The molecule has 2 N–H and O–H groups in total. The van der Waals surface area contributed by atoms with E-state index in [0.29, 0.717) is 0 Å². The maximum atomic E-state index is 11.5. The minimum atomic E-state index is -0.435. The molecule has 0 aliphatic carbocycles. The third-order valence-corrected chi connectivity index (χ3v) is 5.17. The summed E-state index contributed by atoms with van der Waals surface area (Å²) in [5, 5.41) is 8.29. The van der Waals surface area contributed by atoms with Crippen molar-refractivity contribution in [2.75, 3.05) is 5.32 Å². The predicted molar refractivity (Wildman–Crippen MR) is 102 cm³/mol. The molecule has 5 rings (SSSR count). The summed E-state index contributed by atoms with van der Waals surface area (Å²) in [6.07, 6.45) is 8.17. The summed E-state index contributed by atoms with van der Waals surface area (Å²) in [6.45, 7) is 0. The highest BCUT2D eigenvalue weighted by Crippen LogP contribution is 2.45. The Bertz CT molecular complexity index is 1020. The molecule has 6 heteroatoms. The lowest BCUT2D eigenvalue weighted by Crippen LogP contribution is -2.38. The third-order valence-electron chi connectivity index (χ3n) is 5.17. The van der Waals surface area contributed by atoms with Gasteiger partial charge in [-0.25, -0.2) is 0 Å². The van der Waals surface area contributed by atoms with Crippen LogP contribution >= 0.6 is 0 Å². The van der Waals surface area contributed by atoms with E-state index in [9.17, 15) is 4.79 Å². The van der Waals surface area contributed by atoms with Crippen LogP contribution in [0.1, 0.15) is 40.3 Å². The van der Waals surface area contributed by atoms with E-state index in [1.165, 1.54) is 0 Å². The molecule has 27 heavy (non-hydrogen) atoms. The zero-order valence-electron chi connectivity index (χ0n) is 14.4. The molecule has 132 valence electrons. The fourth-order valence-corrected chi connectivity index (χ4v) is 3.98. The smallest absolute Gasteiger partial charge is 0.148 e. The molecule has 0 radical (unpaired) electrons. The Hall–Kier alpha value is -3.54. The van der Waals surface area contributed by atoms with Gasteiger partial charge in [-0.1, -0.05) is 24.3 Å². The quantitative estimate of drug-likeness (QED) is 0.706. The first-order valence-corrected chi connectivity index (χ1v) is 8.85. The van der Waals surface area contributed by atoms with Crippen LogP contribution in [0.3, 0.4) is 0 Å². The van der Waals surface area contributed by atoms with E-state index >= 15 is 0 Å². The van der Waals surface area contributed by atoms with Gasteiger partial charge in [0.15, 0.2) is 0 Å². The number of nitrogens with zero attached hydrogens (tertiary/aromatic N) is 3. The van der Waals surface area contributed by atoms with E-state index in [-0.39, 0.29) is 12.0 Å². The summed E-state index contributed by atoms with van der Waals surface area (Å²) in [4.78, 5) is 20.1. The number of hydrazone groups is 1. The van der Waals surface area contributed by atoms with E-state index in [4.69, 9.17) is 0 Å². The number of anilines is 1. The number of hydrogen-bond acceptors (Lipinski definition) is 6. The Kier molecular flexibility index (Phi) is 3.67. The first-order chi connectivity index (χ1) is 13.4. The van der Waals surface area contributed by atoms with Crippen LogP contribution in [0.4, 0.5) is 5.69 Å². The van der Waals surface area contributed by atoms with E-state index < -0.39 is 6.04 Å². The Morgan fingerprint density at radius 3 is 2.41 bits per heavy atom. The number of aldehydes is 1. The van der Waals surface area contributed by atoms with Gasteiger partial charge in [-0.05, 0) is 34.9 Å². The fourth-order valence-electron chi connectivity index (χ4n) is 3.98. The van der Waals surface area contributed by atoms with Gasteiger partial charge in [0, 0.05) is 36.0 Å². The van der Waals surface area contributed by atoms with E-state index in [1.807, 2.05) is 42.7 Å². The van der Waals surface area contributed by atoms with Crippen LogP contribution in [-0.4, -0.2) is 22.0 Å². The minimum absolute atomic E-state index is 0.0426. The van der Waals surface area contributed by atoms with Crippen LogP contribution < -0.4 is 10.7 Å². The Balaban J connectivity index is 1.73. The summed E-state index contributed by atoms with van der Waals surface area (Å²) in [6, 6.07) is 13.5. The maximum absolute atomic E-state index is 11.5. The molecule has 0 saturated carbocycles. The number of nitrogens with one attached hydrogen (secondary N) is 2. The first-order valence-electron chi connectivity index (χ1n) is 8.85. The molecule has 0 fully saturated rings. The SMILES string of the molecule is O=CC1NN=C2c3c(cccc31)NC(c1cccnc1)C2c1cccnc1. The molecule has 3 atom stereocenters. The van der Waals surface area contributed by atoms with Crippen molar-refractivity contribution in [3.8, 4) is 0 Å². The van der Waals surface area contributed by atoms with Gasteiger partial charge in [-0.3, -0.25) is 15.4 Å². The number of hydrogen-bond donors (Lipinski definition) is 2. The minimum Gasteiger partial charge on any atom is -0.377 e. The molecule has 6 nitrogen and oxygen atoms in total. The first kappa shape index (κ1) is 15.7. The maximum Gasteiger partial charge on any atom is 0.148 e. The molecule has 3 unspecified atom stereocenters. The molecule has 0 bridgehead atoms. The molecule has 4 heterocycles. The summed E-state index contributed by atoms with van der Waals surface area (Å²) < 4.78 is 0. The van der Waals surface area contributed by atoms with Gasteiger partial charge in [0.2, 0.25) is 0 Å². The average Bonchev–Trinajstić information content (AvgIpc) is 2.75. The van der Waals surface area contributed by atoms with Crippen molar-refractivity contribution in [3.63, 3.8) is 0 Å². The van der Waals surface area contributed by atoms with Crippen molar-refractivity contribution in [3.05, 3.63) is 89.5 Å². The summed E-state index contributed by atoms with van der Waals surface area (Å²) in [5.74, 6) is -0.0587.